The van der Waals surface area contributed by atoms with Crippen LogP contribution in [0.3, 0.4) is 0 Å². The van der Waals surface area contributed by atoms with E-state index in [1.54, 1.807) is 0 Å². The molecule has 1 unspecified atom stereocenters. The van der Waals surface area contributed by atoms with Gasteiger partial charge in [-0.05, 0) is 26.3 Å². The summed E-state index contributed by atoms with van der Waals surface area (Å²) in [4.78, 5) is 12.7. The number of thioether (sulfide) groups is 1. The lowest BCUT2D eigenvalue weighted by Crippen LogP contribution is -2.36. The zero-order valence-corrected chi connectivity index (χ0v) is 16.2. The Kier molecular flexibility index (Phi) is 4.54. The van der Waals surface area contributed by atoms with Crippen molar-refractivity contribution in [3.05, 3.63) is 57.0 Å². The third-order valence-corrected chi connectivity index (χ3v) is 5.28. The Labute approximate surface area is 164 Å². The number of nitrogens with zero attached hydrogens (tertiary/aromatic N) is 4. The molecular formula is C17H16ClF3N4OS. The highest BCUT2D eigenvalue weighted by Crippen LogP contribution is 2.52. The van der Waals surface area contributed by atoms with Crippen LogP contribution in [0.5, 0.6) is 0 Å². The van der Waals surface area contributed by atoms with Crippen molar-refractivity contribution in [2.45, 2.75) is 48.8 Å². The SMILES string of the molecule is [3H]C(Sc1cnn(C(C)(C)C)c(=O)c1Cl)c1ccc(C2(C(F)(F)F)N=N2)cc1. The van der Waals surface area contributed by atoms with E-state index in [1.807, 2.05) is 20.8 Å². The number of halogens is 4. The van der Waals surface area contributed by atoms with Crippen molar-refractivity contribution < 1.29 is 14.5 Å². The van der Waals surface area contributed by atoms with Crippen LogP contribution in [0.15, 0.2) is 50.4 Å². The molecule has 0 spiro atoms. The Bertz CT molecular complexity index is 980. The maximum atomic E-state index is 13.0. The number of hydrogen-bond acceptors (Lipinski definition) is 5. The highest BCUT2D eigenvalue weighted by molar-refractivity contribution is 7.98. The summed E-state index contributed by atoms with van der Waals surface area (Å²) in [6, 6.07) is 5.33. The van der Waals surface area contributed by atoms with Gasteiger partial charge in [0.05, 0.1) is 16.6 Å². The number of hydrogen-bond donors (Lipinski definition) is 0. The summed E-state index contributed by atoms with van der Waals surface area (Å²) in [6.45, 7) is 5.43. The van der Waals surface area contributed by atoms with Crippen LogP contribution in [-0.2, 0) is 16.9 Å². The molecule has 0 bridgehead atoms. The van der Waals surface area contributed by atoms with Gasteiger partial charge in [0.2, 0.25) is 0 Å². The lowest BCUT2D eigenvalue weighted by molar-refractivity contribution is -0.166. The van der Waals surface area contributed by atoms with E-state index in [9.17, 15) is 18.0 Å². The highest BCUT2D eigenvalue weighted by Gasteiger charge is 2.65. The maximum absolute atomic E-state index is 13.0. The Morgan fingerprint density at radius 2 is 1.81 bits per heavy atom. The average molecular weight is 419 g/mol. The fraction of sp³-hybridized carbons (Fsp3) is 0.412. The van der Waals surface area contributed by atoms with E-state index in [1.165, 1.54) is 35.1 Å². The predicted molar refractivity (Wildman–Crippen MR) is 97.1 cm³/mol. The second-order valence-electron chi connectivity index (χ2n) is 6.94. The van der Waals surface area contributed by atoms with Gasteiger partial charge in [-0.25, -0.2) is 4.68 Å². The summed E-state index contributed by atoms with van der Waals surface area (Å²) in [5.74, 6) is 0. The van der Waals surface area contributed by atoms with Gasteiger partial charge < -0.3 is 0 Å². The molecule has 0 radical (unpaired) electrons. The van der Waals surface area contributed by atoms with Crippen LogP contribution in [0.1, 0.15) is 33.3 Å². The summed E-state index contributed by atoms with van der Waals surface area (Å²) in [7, 11) is 0. The third kappa shape index (κ3) is 3.75. The fourth-order valence-electron chi connectivity index (χ4n) is 2.35. The second-order valence-corrected chi connectivity index (χ2v) is 8.23. The molecule has 0 saturated heterocycles. The summed E-state index contributed by atoms with van der Waals surface area (Å²) in [5, 5.41) is 10.4. The standard InChI is InChI=1S/C17H16ClF3N4OS/c1-15(2,3)25-14(26)13(18)12(8-22-25)27-9-10-4-6-11(7-5-10)16(23-24-16)17(19,20)21/h4-8H,9H2,1-3H3/i9T. The Morgan fingerprint density at radius 3 is 2.30 bits per heavy atom. The van der Waals surface area contributed by atoms with E-state index in [4.69, 9.17) is 13.0 Å². The quantitative estimate of drug-likeness (QED) is 0.647. The number of alkyl halides is 3. The van der Waals surface area contributed by atoms with Gasteiger partial charge in [0.1, 0.15) is 5.02 Å². The lowest BCUT2D eigenvalue weighted by Gasteiger charge is -2.21. The molecule has 0 fully saturated rings. The van der Waals surface area contributed by atoms with Crippen molar-refractivity contribution in [1.82, 2.24) is 9.78 Å². The van der Waals surface area contributed by atoms with Crippen LogP contribution in [-0.4, -0.2) is 16.0 Å². The molecule has 3 rings (SSSR count). The molecule has 0 aliphatic carbocycles. The van der Waals surface area contributed by atoms with E-state index in [0.717, 1.165) is 11.8 Å². The molecule has 1 aliphatic rings. The van der Waals surface area contributed by atoms with Crippen LogP contribution in [0.4, 0.5) is 13.2 Å². The number of rotatable bonds is 4. The van der Waals surface area contributed by atoms with Crippen molar-refractivity contribution in [3.8, 4) is 0 Å². The Morgan fingerprint density at radius 1 is 1.22 bits per heavy atom. The number of benzene rings is 1. The predicted octanol–water partition coefficient (Wildman–Crippen LogP) is 5.12. The number of aromatic nitrogens is 2. The van der Waals surface area contributed by atoms with Gasteiger partial charge in [-0.15, -0.1) is 22.0 Å². The van der Waals surface area contributed by atoms with Crippen molar-refractivity contribution in [2.24, 2.45) is 10.2 Å². The molecule has 0 amide bonds. The molecule has 1 aliphatic heterocycles. The smallest absolute Gasteiger partial charge is 0.266 e. The van der Waals surface area contributed by atoms with E-state index in [2.05, 4.69) is 15.3 Å². The van der Waals surface area contributed by atoms with E-state index in [-0.39, 0.29) is 10.6 Å². The molecule has 1 atom stereocenters. The first kappa shape index (κ1) is 18.5. The molecular weight excluding hydrogens is 401 g/mol. The van der Waals surface area contributed by atoms with E-state index < -0.39 is 28.7 Å². The minimum atomic E-state index is -4.60. The molecule has 2 aromatic rings. The molecule has 2 heterocycles. The first-order chi connectivity index (χ1) is 12.9. The summed E-state index contributed by atoms with van der Waals surface area (Å²) in [6.07, 6.45) is -3.18. The monoisotopic (exact) mass is 418 g/mol. The van der Waals surface area contributed by atoms with Gasteiger partial charge in [-0.1, -0.05) is 35.9 Å². The zero-order valence-electron chi connectivity index (χ0n) is 15.6. The molecule has 10 heteroatoms. The van der Waals surface area contributed by atoms with Crippen molar-refractivity contribution in [3.63, 3.8) is 0 Å². The minimum Gasteiger partial charge on any atom is -0.266 e. The molecule has 5 nitrogen and oxygen atoms in total. The van der Waals surface area contributed by atoms with Crippen LogP contribution in [0.25, 0.3) is 0 Å². The minimum absolute atomic E-state index is 0.0459. The van der Waals surface area contributed by atoms with Gasteiger partial charge >= 0.3 is 11.8 Å². The Balaban J connectivity index is 1.80. The fourth-order valence-corrected chi connectivity index (χ4v) is 3.33. The van der Waals surface area contributed by atoms with Gasteiger partial charge in [-0.3, -0.25) is 4.79 Å². The molecule has 0 saturated carbocycles. The van der Waals surface area contributed by atoms with E-state index >= 15 is 0 Å². The zero-order chi connectivity index (χ0) is 20.9. The molecule has 144 valence electrons. The topological polar surface area (TPSA) is 59.6 Å². The van der Waals surface area contributed by atoms with Crippen LogP contribution in [0.2, 0.25) is 5.02 Å². The van der Waals surface area contributed by atoms with Gasteiger partial charge in [0.25, 0.3) is 5.56 Å². The first-order valence-corrected chi connectivity index (χ1v) is 9.11. The molecule has 0 N–H and O–H groups in total. The van der Waals surface area contributed by atoms with Gasteiger partial charge in [0, 0.05) is 12.7 Å². The second kappa shape index (κ2) is 6.63. The molecule has 27 heavy (non-hydrogen) atoms. The molecule has 1 aromatic heterocycles. The van der Waals surface area contributed by atoms with Gasteiger partial charge in [0.15, 0.2) is 0 Å². The summed E-state index contributed by atoms with van der Waals surface area (Å²) >= 11 is 7.13. The summed E-state index contributed by atoms with van der Waals surface area (Å²) in [5.41, 5.74) is -4.07. The van der Waals surface area contributed by atoms with Gasteiger partial charge in [-0.2, -0.15) is 18.3 Å². The van der Waals surface area contributed by atoms with Crippen LogP contribution in [0, 0.1) is 0 Å². The van der Waals surface area contributed by atoms with Crippen molar-refractivity contribution in [2.75, 3.05) is 0 Å². The average Bonchev–Trinajstić information content (AvgIpc) is 3.40. The highest BCUT2D eigenvalue weighted by atomic mass is 35.5. The Hall–Kier alpha value is -1.87. The lowest BCUT2D eigenvalue weighted by atomic mass is 10.0. The van der Waals surface area contributed by atoms with Crippen molar-refractivity contribution in [1.29, 1.82) is 0 Å². The largest absolute Gasteiger partial charge is 0.442 e. The van der Waals surface area contributed by atoms with Crippen molar-refractivity contribution >= 4 is 23.4 Å². The van der Waals surface area contributed by atoms with Crippen LogP contribution < -0.4 is 5.56 Å². The van der Waals surface area contributed by atoms with Crippen LogP contribution >= 0.6 is 23.4 Å². The first-order valence-electron chi connectivity index (χ1n) is 8.43. The summed E-state index contributed by atoms with van der Waals surface area (Å²) < 4.78 is 48.6. The van der Waals surface area contributed by atoms with E-state index in [0.29, 0.717) is 10.5 Å². The molecule has 1 aromatic carbocycles. The third-order valence-electron chi connectivity index (χ3n) is 3.85. The normalized spacial score (nSPS) is 17.5. The maximum Gasteiger partial charge on any atom is 0.442 e.